The SMILES string of the molecule is NC(=O)C1CCCN(Cc2ccccc2NC(=O)c2ccc(S(=O)(=O)Nc3ccncc3)cc2)C1. The number of anilines is 2. The molecular formula is C25H27N5O4S. The number of para-hydroxylation sites is 1. The van der Waals surface area contributed by atoms with Crippen LogP contribution in [0.3, 0.4) is 0 Å². The molecule has 4 rings (SSSR count). The Kier molecular flexibility index (Phi) is 7.42. The Hall–Kier alpha value is -3.76. The molecule has 2 aromatic carbocycles. The van der Waals surface area contributed by atoms with Crippen molar-refractivity contribution >= 4 is 33.2 Å². The number of sulfonamides is 1. The number of rotatable bonds is 8. The van der Waals surface area contributed by atoms with Crippen molar-refractivity contribution in [2.24, 2.45) is 11.7 Å². The van der Waals surface area contributed by atoms with Gasteiger partial charge in [-0.3, -0.25) is 24.2 Å². The number of hydrogen-bond donors (Lipinski definition) is 3. The lowest BCUT2D eigenvalue weighted by molar-refractivity contribution is -0.123. The summed E-state index contributed by atoms with van der Waals surface area (Å²) >= 11 is 0. The number of carbonyl (C=O) groups excluding carboxylic acids is 2. The maximum Gasteiger partial charge on any atom is 0.261 e. The average Bonchev–Trinajstić information content (AvgIpc) is 2.86. The second-order valence-electron chi connectivity index (χ2n) is 8.45. The predicted octanol–water partition coefficient (Wildman–Crippen LogP) is 2.83. The second kappa shape index (κ2) is 10.7. The molecular weight excluding hydrogens is 466 g/mol. The standard InChI is InChI=1S/C25H27N5O4S/c26-24(31)20-5-3-15-30(17-20)16-19-4-1-2-6-23(19)28-25(32)18-7-9-22(10-8-18)35(33,34)29-21-11-13-27-14-12-21/h1-2,4,6-14,20H,3,5,15-17H2,(H2,26,31)(H,27,29)(H,28,32). The zero-order chi connectivity index (χ0) is 24.8. The van der Waals surface area contributed by atoms with Crippen molar-refractivity contribution in [3.05, 3.63) is 84.2 Å². The van der Waals surface area contributed by atoms with Crippen LogP contribution in [0.25, 0.3) is 0 Å². The highest BCUT2D eigenvalue weighted by molar-refractivity contribution is 7.92. The molecule has 4 N–H and O–H groups in total. The normalized spacial score (nSPS) is 16.4. The van der Waals surface area contributed by atoms with Gasteiger partial charge in [-0.05, 0) is 67.4 Å². The molecule has 1 aromatic heterocycles. The van der Waals surface area contributed by atoms with Crippen LogP contribution in [0.1, 0.15) is 28.8 Å². The van der Waals surface area contributed by atoms with Crippen molar-refractivity contribution in [2.75, 3.05) is 23.1 Å². The number of carbonyl (C=O) groups is 2. The molecule has 1 unspecified atom stereocenters. The number of nitrogens with one attached hydrogen (secondary N) is 2. The monoisotopic (exact) mass is 493 g/mol. The highest BCUT2D eigenvalue weighted by Gasteiger charge is 2.24. The van der Waals surface area contributed by atoms with Gasteiger partial charge in [-0.25, -0.2) is 8.42 Å². The molecule has 182 valence electrons. The Morgan fingerprint density at radius 2 is 1.74 bits per heavy atom. The van der Waals surface area contributed by atoms with Crippen molar-refractivity contribution in [3.8, 4) is 0 Å². The third kappa shape index (κ3) is 6.23. The summed E-state index contributed by atoms with van der Waals surface area (Å²) in [4.78, 5) is 30.6. The van der Waals surface area contributed by atoms with Crippen LogP contribution < -0.4 is 15.8 Å². The van der Waals surface area contributed by atoms with Crippen LogP contribution in [-0.2, 0) is 21.4 Å². The first-order valence-corrected chi connectivity index (χ1v) is 12.7. The number of pyridine rings is 1. The average molecular weight is 494 g/mol. The summed E-state index contributed by atoms with van der Waals surface area (Å²) in [6, 6.07) is 16.3. The van der Waals surface area contributed by atoms with E-state index in [9.17, 15) is 18.0 Å². The van der Waals surface area contributed by atoms with E-state index in [-0.39, 0.29) is 22.6 Å². The zero-order valence-corrected chi connectivity index (χ0v) is 19.9. The van der Waals surface area contributed by atoms with Crippen molar-refractivity contribution in [1.29, 1.82) is 0 Å². The van der Waals surface area contributed by atoms with Crippen LogP contribution >= 0.6 is 0 Å². The van der Waals surface area contributed by atoms with Gasteiger partial charge in [-0.1, -0.05) is 18.2 Å². The third-order valence-electron chi connectivity index (χ3n) is 5.93. The van der Waals surface area contributed by atoms with Crippen LogP contribution in [0.2, 0.25) is 0 Å². The maximum absolute atomic E-state index is 12.9. The summed E-state index contributed by atoms with van der Waals surface area (Å²) in [5.41, 5.74) is 7.80. The van der Waals surface area contributed by atoms with E-state index >= 15 is 0 Å². The molecule has 2 heterocycles. The molecule has 9 nitrogen and oxygen atoms in total. The number of aromatic nitrogens is 1. The fraction of sp³-hybridized carbons (Fsp3) is 0.240. The molecule has 0 aliphatic carbocycles. The van der Waals surface area contributed by atoms with Crippen LogP contribution in [0, 0.1) is 5.92 Å². The van der Waals surface area contributed by atoms with E-state index in [2.05, 4.69) is 19.9 Å². The van der Waals surface area contributed by atoms with Gasteiger partial charge < -0.3 is 11.1 Å². The van der Waals surface area contributed by atoms with Gasteiger partial charge in [0.25, 0.3) is 15.9 Å². The first-order valence-electron chi connectivity index (χ1n) is 11.3. The van der Waals surface area contributed by atoms with Gasteiger partial charge in [0.1, 0.15) is 0 Å². The summed E-state index contributed by atoms with van der Waals surface area (Å²) in [6.07, 6.45) is 4.68. The summed E-state index contributed by atoms with van der Waals surface area (Å²) < 4.78 is 27.7. The van der Waals surface area contributed by atoms with E-state index in [4.69, 9.17) is 5.73 Å². The highest BCUT2D eigenvalue weighted by atomic mass is 32.2. The third-order valence-corrected chi connectivity index (χ3v) is 7.32. The van der Waals surface area contributed by atoms with E-state index in [0.717, 1.165) is 24.9 Å². The molecule has 10 heteroatoms. The van der Waals surface area contributed by atoms with E-state index in [1.165, 1.54) is 36.7 Å². The molecule has 1 atom stereocenters. The number of hydrogen-bond acceptors (Lipinski definition) is 6. The fourth-order valence-electron chi connectivity index (χ4n) is 4.07. The summed E-state index contributed by atoms with van der Waals surface area (Å²) in [5, 5.41) is 2.92. The Bertz CT molecular complexity index is 1300. The molecule has 0 saturated carbocycles. The van der Waals surface area contributed by atoms with Gasteiger partial charge in [0, 0.05) is 36.7 Å². The first kappa shape index (κ1) is 24.4. The molecule has 2 amide bonds. The van der Waals surface area contributed by atoms with Gasteiger partial charge in [0.05, 0.1) is 16.5 Å². The van der Waals surface area contributed by atoms with Crippen LogP contribution in [0.15, 0.2) is 78.0 Å². The molecule has 0 radical (unpaired) electrons. The smallest absolute Gasteiger partial charge is 0.261 e. The summed E-state index contributed by atoms with van der Waals surface area (Å²) in [7, 11) is -3.80. The van der Waals surface area contributed by atoms with Gasteiger partial charge in [0.2, 0.25) is 5.91 Å². The van der Waals surface area contributed by atoms with Gasteiger partial charge in [-0.15, -0.1) is 0 Å². The van der Waals surface area contributed by atoms with Gasteiger partial charge >= 0.3 is 0 Å². The number of piperidine rings is 1. The first-order chi connectivity index (χ1) is 16.8. The minimum Gasteiger partial charge on any atom is -0.369 e. The number of amides is 2. The van der Waals surface area contributed by atoms with E-state index in [0.29, 0.717) is 30.0 Å². The lowest BCUT2D eigenvalue weighted by atomic mass is 9.97. The number of nitrogens with zero attached hydrogens (tertiary/aromatic N) is 2. The topological polar surface area (TPSA) is 134 Å². The molecule has 3 aromatic rings. The molecule has 1 saturated heterocycles. The zero-order valence-electron chi connectivity index (χ0n) is 19.1. The molecule has 1 aliphatic heterocycles. The summed E-state index contributed by atoms with van der Waals surface area (Å²) in [6.45, 7) is 2.04. The molecule has 35 heavy (non-hydrogen) atoms. The quantitative estimate of drug-likeness (QED) is 0.442. The van der Waals surface area contributed by atoms with Crippen LogP contribution in [0.4, 0.5) is 11.4 Å². The minimum absolute atomic E-state index is 0.0420. The molecule has 1 aliphatic rings. The highest BCUT2D eigenvalue weighted by Crippen LogP contribution is 2.23. The number of nitrogens with two attached hydrogens (primary N) is 1. The number of likely N-dealkylation sites (tertiary alicyclic amines) is 1. The Morgan fingerprint density at radius 1 is 1.03 bits per heavy atom. The predicted molar refractivity (Wildman–Crippen MR) is 133 cm³/mol. The molecule has 1 fully saturated rings. The van der Waals surface area contributed by atoms with E-state index in [1.54, 1.807) is 12.1 Å². The van der Waals surface area contributed by atoms with Crippen LogP contribution in [-0.4, -0.2) is 43.2 Å². The lowest BCUT2D eigenvalue weighted by Gasteiger charge is -2.31. The Morgan fingerprint density at radius 3 is 2.46 bits per heavy atom. The molecule has 0 bridgehead atoms. The maximum atomic E-state index is 12.9. The second-order valence-corrected chi connectivity index (χ2v) is 10.1. The molecule has 0 spiro atoms. The van der Waals surface area contributed by atoms with Gasteiger partial charge in [0.15, 0.2) is 0 Å². The Labute approximate surface area is 204 Å². The van der Waals surface area contributed by atoms with E-state index in [1.807, 2.05) is 24.3 Å². The fourth-order valence-corrected chi connectivity index (χ4v) is 5.13. The largest absolute Gasteiger partial charge is 0.369 e. The van der Waals surface area contributed by atoms with Crippen LogP contribution in [0.5, 0.6) is 0 Å². The van der Waals surface area contributed by atoms with E-state index < -0.39 is 10.0 Å². The van der Waals surface area contributed by atoms with Gasteiger partial charge in [-0.2, -0.15) is 0 Å². The number of primary amides is 1. The van der Waals surface area contributed by atoms with Crippen molar-refractivity contribution in [1.82, 2.24) is 9.88 Å². The number of benzene rings is 2. The minimum atomic E-state index is -3.80. The van der Waals surface area contributed by atoms with Crippen molar-refractivity contribution in [2.45, 2.75) is 24.3 Å². The van der Waals surface area contributed by atoms with Crippen molar-refractivity contribution in [3.63, 3.8) is 0 Å². The Balaban J connectivity index is 1.43. The van der Waals surface area contributed by atoms with Crippen molar-refractivity contribution < 1.29 is 18.0 Å². The summed E-state index contributed by atoms with van der Waals surface area (Å²) in [5.74, 6) is -0.789. The lowest BCUT2D eigenvalue weighted by Crippen LogP contribution is -2.40.